The van der Waals surface area contributed by atoms with E-state index >= 15 is 0 Å². The zero-order chi connectivity index (χ0) is 14.4. The fourth-order valence-corrected chi connectivity index (χ4v) is 4.11. The lowest BCUT2D eigenvalue weighted by molar-refractivity contribution is 0.458. The van der Waals surface area contributed by atoms with Crippen molar-refractivity contribution in [2.24, 2.45) is 0 Å². The summed E-state index contributed by atoms with van der Waals surface area (Å²) in [5, 5.41) is 3.78. The number of benzene rings is 1. The molecule has 0 heterocycles. The average Bonchev–Trinajstić information content (AvgIpc) is 2.92. The van der Waals surface area contributed by atoms with Gasteiger partial charge in [-0.3, -0.25) is 0 Å². The van der Waals surface area contributed by atoms with Crippen LogP contribution in [0.15, 0.2) is 24.3 Å². The van der Waals surface area contributed by atoms with Crippen molar-refractivity contribution in [3.05, 3.63) is 35.4 Å². The Bertz CT molecular complexity index is 410. The van der Waals surface area contributed by atoms with E-state index in [0.717, 1.165) is 0 Å². The first-order valence-electron chi connectivity index (χ1n) is 7.98. The van der Waals surface area contributed by atoms with Gasteiger partial charge in [0.25, 0.3) is 0 Å². The predicted octanol–water partition coefficient (Wildman–Crippen LogP) is 4.58. The minimum Gasteiger partial charge on any atom is -0.313 e. The SMILES string of the molecule is CSC1(CNC(C)CCc2cccc(C)c2)CCCC1. The third kappa shape index (κ3) is 4.53. The van der Waals surface area contributed by atoms with E-state index in [0.29, 0.717) is 10.8 Å². The van der Waals surface area contributed by atoms with Crippen LogP contribution in [0.25, 0.3) is 0 Å². The highest BCUT2D eigenvalue weighted by molar-refractivity contribution is 8.00. The van der Waals surface area contributed by atoms with Crippen LogP contribution in [0.5, 0.6) is 0 Å². The summed E-state index contributed by atoms with van der Waals surface area (Å²) in [5.41, 5.74) is 2.84. The van der Waals surface area contributed by atoms with Gasteiger partial charge < -0.3 is 5.32 Å². The number of nitrogens with one attached hydrogen (secondary N) is 1. The molecule has 0 saturated heterocycles. The number of thioether (sulfide) groups is 1. The van der Waals surface area contributed by atoms with E-state index in [1.165, 1.54) is 56.2 Å². The molecule has 2 heteroatoms. The van der Waals surface area contributed by atoms with Crippen LogP contribution < -0.4 is 5.32 Å². The van der Waals surface area contributed by atoms with Crippen molar-refractivity contribution in [3.8, 4) is 0 Å². The summed E-state index contributed by atoms with van der Waals surface area (Å²) < 4.78 is 0.525. The van der Waals surface area contributed by atoms with Crippen molar-refractivity contribution in [2.45, 2.75) is 63.2 Å². The smallest absolute Gasteiger partial charge is 0.0281 e. The molecule has 1 N–H and O–H groups in total. The first kappa shape index (κ1) is 15.9. The summed E-state index contributed by atoms with van der Waals surface area (Å²) in [4.78, 5) is 0. The summed E-state index contributed by atoms with van der Waals surface area (Å²) in [7, 11) is 0. The maximum absolute atomic E-state index is 3.78. The molecule has 1 nitrogen and oxygen atoms in total. The Morgan fingerprint density at radius 3 is 2.70 bits per heavy atom. The van der Waals surface area contributed by atoms with Gasteiger partial charge >= 0.3 is 0 Å². The van der Waals surface area contributed by atoms with Gasteiger partial charge in [-0.25, -0.2) is 0 Å². The van der Waals surface area contributed by atoms with Crippen LogP contribution in [0.3, 0.4) is 0 Å². The molecule has 1 aliphatic carbocycles. The van der Waals surface area contributed by atoms with Crippen molar-refractivity contribution in [1.29, 1.82) is 0 Å². The lowest BCUT2D eigenvalue weighted by Gasteiger charge is -2.29. The van der Waals surface area contributed by atoms with Crippen LogP contribution in [-0.2, 0) is 6.42 Å². The molecule has 0 bridgehead atoms. The van der Waals surface area contributed by atoms with Gasteiger partial charge in [-0.05, 0) is 51.3 Å². The van der Waals surface area contributed by atoms with Crippen LogP contribution in [0.2, 0.25) is 0 Å². The van der Waals surface area contributed by atoms with Crippen LogP contribution in [0.4, 0.5) is 0 Å². The highest BCUT2D eigenvalue weighted by atomic mass is 32.2. The van der Waals surface area contributed by atoms with Gasteiger partial charge in [-0.2, -0.15) is 11.8 Å². The topological polar surface area (TPSA) is 12.0 Å². The summed E-state index contributed by atoms with van der Waals surface area (Å²) in [6.45, 7) is 5.69. The molecule has 1 aromatic rings. The molecule has 0 spiro atoms. The van der Waals surface area contributed by atoms with Crippen LogP contribution in [0, 0.1) is 6.92 Å². The number of rotatable bonds is 7. The molecule has 0 amide bonds. The molecule has 0 aliphatic heterocycles. The largest absolute Gasteiger partial charge is 0.313 e. The molecule has 1 fully saturated rings. The molecular formula is C18H29NS. The van der Waals surface area contributed by atoms with Gasteiger partial charge in [0, 0.05) is 17.3 Å². The van der Waals surface area contributed by atoms with Gasteiger partial charge in [0.05, 0.1) is 0 Å². The summed E-state index contributed by atoms with van der Waals surface area (Å²) in [5.74, 6) is 0. The highest BCUT2D eigenvalue weighted by Crippen LogP contribution is 2.39. The Morgan fingerprint density at radius 1 is 1.30 bits per heavy atom. The molecule has 2 rings (SSSR count). The molecule has 20 heavy (non-hydrogen) atoms. The van der Waals surface area contributed by atoms with E-state index in [1.54, 1.807) is 0 Å². The Morgan fingerprint density at radius 2 is 2.05 bits per heavy atom. The molecule has 0 radical (unpaired) electrons. The van der Waals surface area contributed by atoms with Gasteiger partial charge in [0.15, 0.2) is 0 Å². The second-order valence-corrected chi connectivity index (χ2v) is 7.68. The lowest BCUT2D eigenvalue weighted by atomic mass is 10.0. The van der Waals surface area contributed by atoms with Crippen molar-refractivity contribution >= 4 is 11.8 Å². The van der Waals surface area contributed by atoms with E-state index in [1.807, 2.05) is 0 Å². The molecular weight excluding hydrogens is 262 g/mol. The Balaban J connectivity index is 1.74. The van der Waals surface area contributed by atoms with Gasteiger partial charge in [-0.15, -0.1) is 0 Å². The minimum atomic E-state index is 0.525. The van der Waals surface area contributed by atoms with Gasteiger partial charge in [-0.1, -0.05) is 42.7 Å². The zero-order valence-corrected chi connectivity index (χ0v) is 14.1. The van der Waals surface area contributed by atoms with E-state index in [-0.39, 0.29) is 0 Å². The van der Waals surface area contributed by atoms with Crippen molar-refractivity contribution in [2.75, 3.05) is 12.8 Å². The highest BCUT2D eigenvalue weighted by Gasteiger charge is 2.32. The zero-order valence-electron chi connectivity index (χ0n) is 13.2. The fraction of sp³-hybridized carbons (Fsp3) is 0.667. The second kappa shape index (κ2) is 7.51. The van der Waals surface area contributed by atoms with Crippen molar-refractivity contribution in [3.63, 3.8) is 0 Å². The average molecular weight is 292 g/mol. The van der Waals surface area contributed by atoms with Crippen molar-refractivity contribution < 1.29 is 0 Å². The quantitative estimate of drug-likeness (QED) is 0.789. The molecule has 1 atom stereocenters. The normalized spacial score (nSPS) is 19.1. The second-order valence-electron chi connectivity index (χ2n) is 6.40. The van der Waals surface area contributed by atoms with E-state index in [9.17, 15) is 0 Å². The standard InChI is InChI=1S/C18H29NS/c1-15-7-6-8-17(13-15)10-9-16(2)19-14-18(20-3)11-4-5-12-18/h6-8,13,16,19H,4-5,9-12,14H2,1-3H3. The van der Waals surface area contributed by atoms with Crippen LogP contribution in [-0.4, -0.2) is 23.6 Å². The molecule has 1 aromatic carbocycles. The molecule has 0 aromatic heterocycles. The molecule has 112 valence electrons. The van der Waals surface area contributed by atoms with Crippen LogP contribution in [0.1, 0.15) is 50.2 Å². The fourth-order valence-electron chi connectivity index (χ4n) is 3.19. The minimum absolute atomic E-state index is 0.525. The summed E-state index contributed by atoms with van der Waals surface area (Å²) in [6, 6.07) is 9.52. The summed E-state index contributed by atoms with van der Waals surface area (Å²) >= 11 is 2.08. The summed E-state index contributed by atoms with van der Waals surface area (Å²) in [6.07, 6.45) is 10.3. The Hall–Kier alpha value is -0.470. The van der Waals surface area contributed by atoms with Crippen molar-refractivity contribution in [1.82, 2.24) is 5.32 Å². The molecule has 1 saturated carbocycles. The maximum atomic E-state index is 3.78. The number of hydrogen-bond acceptors (Lipinski definition) is 2. The van der Waals surface area contributed by atoms with E-state index in [2.05, 4.69) is 61.4 Å². The predicted molar refractivity (Wildman–Crippen MR) is 91.7 cm³/mol. The van der Waals surface area contributed by atoms with Gasteiger partial charge in [0.1, 0.15) is 0 Å². The third-order valence-electron chi connectivity index (χ3n) is 4.67. The van der Waals surface area contributed by atoms with E-state index in [4.69, 9.17) is 0 Å². The Kier molecular flexibility index (Phi) is 5.98. The van der Waals surface area contributed by atoms with E-state index < -0.39 is 0 Å². The first-order chi connectivity index (χ1) is 9.63. The van der Waals surface area contributed by atoms with Gasteiger partial charge in [0.2, 0.25) is 0 Å². The molecule has 1 unspecified atom stereocenters. The number of hydrogen-bond donors (Lipinski definition) is 1. The Labute approximate surface area is 128 Å². The number of aryl methyl sites for hydroxylation is 2. The van der Waals surface area contributed by atoms with Crippen LogP contribution >= 0.6 is 11.8 Å². The molecule has 1 aliphatic rings. The lowest BCUT2D eigenvalue weighted by Crippen LogP contribution is -2.39. The first-order valence-corrected chi connectivity index (χ1v) is 9.20. The monoisotopic (exact) mass is 291 g/mol. The third-order valence-corrected chi connectivity index (χ3v) is 6.09. The maximum Gasteiger partial charge on any atom is 0.0281 e.